The van der Waals surface area contributed by atoms with Gasteiger partial charge in [0.1, 0.15) is 11.5 Å². The zero-order valence-electron chi connectivity index (χ0n) is 16.8. The van der Waals surface area contributed by atoms with Crippen LogP contribution >= 0.6 is 23.2 Å². The van der Waals surface area contributed by atoms with E-state index >= 15 is 0 Å². The standard InChI is InChI=1S/C23H24Cl2N2O3/c1-12(2)6-9-18-23(16-8-7-15(25)11-17(16)26-22(23)30)19(20(27-18)21(28)29)13-4-3-5-14(24)10-13/h3-5,7-8,10-12,18-20,27H,6,9H2,1-2H3,(H,26,30)(H,28,29)/t18-,19+,20-,23+/m1/s1. The number of hydrogen-bond donors (Lipinski definition) is 3. The van der Waals surface area contributed by atoms with Crippen LogP contribution in [0.1, 0.15) is 43.7 Å². The van der Waals surface area contributed by atoms with Gasteiger partial charge in [0.15, 0.2) is 0 Å². The third-order valence-corrected chi connectivity index (χ3v) is 6.78. The van der Waals surface area contributed by atoms with Crippen molar-refractivity contribution in [3.05, 3.63) is 63.6 Å². The minimum atomic E-state index is -1.07. The van der Waals surface area contributed by atoms with Gasteiger partial charge in [0.2, 0.25) is 5.91 Å². The van der Waals surface area contributed by atoms with Crippen LogP contribution in [0.3, 0.4) is 0 Å². The third kappa shape index (κ3) is 3.29. The SMILES string of the molecule is CC(C)CC[C@H]1N[C@@H](C(=O)O)[C@H](c2cccc(Cl)c2)[C@@]12C(=O)Nc1cc(Cl)ccc12. The smallest absolute Gasteiger partial charge is 0.321 e. The molecule has 1 amide bonds. The van der Waals surface area contributed by atoms with Gasteiger partial charge in [0.05, 0.1) is 0 Å². The van der Waals surface area contributed by atoms with Crippen molar-refractivity contribution in [2.75, 3.05) is 5.32 Å². The molecule has 4 atom stereocenters. The average Bonchev–Trinajstić information content (AvgIpc) is 3.16. The molecular formula is C23H24Cl2N2O3. The van der Waals surface area contributed by atoms with Gasteiger partial charge < -0.3 is 10.4 Å². The number of aliphatic carboxylic acids is 1. The summed E-state index contributed by atoms with van der Waals surface area (Å²) in [6.45, 7) is 4.24. The number of carbonyl (C=O) groups is 2. The molecule has 2 heterocycles. The zero-order chi connectivity index (χ0) is 21.6. The lowest BCUT2D eigenvalue weighted by atomic mass is 9.64. The van der Waals surface area contributed by atoms with Gasteiger partial charge in [-0.3, -0.25) is 14.9 Å². The average molecular weight is 447 g/mol. The van der Waals surface area contributed by atoms with Crippen molar-refractivity contribution >= 4 is 40.8 Å². The Hall–Kier alpha value is -2.08. The Bertz CT molecular complexity index is 1010. The molecule has 0 saturated carbocycles. The third-order valence-electron chi connectivity index (χ3n) is 6.31. The molecule has 0 aromatic heterocycles. The van der Waals surface area contributed by atoms with Crippen LogP contribution in [0, 0.1) is 5.92 Å². The number of halogens is 2. The van der Waals surface area contributed by atoms with Crippen molar-refractivity contribution in [2.45, 2.75) is 50.1 Å². The van der Waals surface area contributed by atoms with Gasteiger partial charge in [-0.25, -0.2) is 0 Å². The van der Waals surface area contributed by atoms with Crippen LogP contribution in [0.2, 0.25) is 10.0 Å². The highest BCUT2D eigenvalue weighted by molar-refractivity contribution is 6.31. The van der Waals surface area contributed by atoms with Crippen LogP contribution in [0.15, 0.2) is 42.5 Å². The second-order valence-electron chi connectivity index (χ2n) is 8.55. The number of nitrogens with one attached hydrogen (secondary N) is 2. The summed E-state index contributed by atoms with van der Waals surface area (Å²) < 4.78 is 0. The monoisotopic (exact) mass is 446 g/mol. The fourth-order valence-electron chi connectivity index (χ4n) is 5.09. The summed E-state index contributed by atoms with van der Waals surface area (Å²) in [6.07, 6.45) is 1.54. The largest absolute Gasteiger partial charge is 0.480 e. The van der Waals surface area contributed by atoms with Gasteiger partial charge in [-0.1, -0.05) is 55.2 Å². The van der Waals surface area contributed by atoms with E-state index in [1.54, 1.807) is 30.3 Å². The predicted molar refractivity (Wildman–Crippen MR) is 118 cm³/mol. The Balaban J connectivity index is 1.95. The Kier molecular flexibility index (Phi) is 5.56. The number of anilines is 1. The fourth-order valence-corrected chi connectivity index (χ4v) is 5.46. The molecule has 7 heteroatoms. The van der Waals surface area contributed by atoms with Crippen LogP contribution in [-0.4, -0.2) is 29.1 Å². The molecule has 2 aromatic carbocycles. The number of carboxylic acids is 1. The molecule has 0 aliphatic carbocycles. The van der Waals surface area contributed by atoms with Crippen LogP contribution in [0.4, 0.5) is 5.69 Å². The van der Waals surface area contributed by atoms with Gasteiger partial charge in [-0.05, 0) is 54.2 Å². The number of benzene rings is 2. The number of hydrogen-bond acceptors (Lipinski definition) is 3. The van der Waals surface area contributed by atoms with E-state index in [9.17, 15) is 14.7 Å². The normalized spacial score (nSPS) is 27.5. The van der Waals surface area contributed by atoms with Gasteiger partial charge in [0, 0.05) is 27.7 Å². The van der Waals surface area contributed by atoms with E-state index in [0.717, 1.165) is 17.5 Å². The lowest BCUT2D eigenvalue weighted by Gasteiger charge is -2.35. The van der Waals surface area contributed by atoms with Crippen molar-refractivity contribution in [1.29, 1.82) is 0 Å². The molecule has 2 aliphatic heterocycles. The molecular weight excluding hydrogens is 423 g/mol. The van der Waals surface area contributed by atoms with Crippen molar-refractivity contribution in [3.8, 4) is 0 Å². The van der Waals surface area contributed by atoms with Gasteiger partial charge in [-0.15, -0.1) is 0 Å². The molecule has 2 aromatic rings. The molecule has 0 bridgehead atoms. The molecule has 30 heavy (non-hydrogen) atoms. The lowest BCUT2D eigenvalue weighted by molar-refractivity contribution is -0.139. The summed E-state index contributed by atoms with van der Waals surface area (Å²) in [4.78, 5) is 26.0. The zero-order valence-corrected chi connectivity index (χ0v) is 18.3. The van der Waals surface area contributed by atoms with E-state index in [1.807, 2.05) is 12.1 Å². The number of rotatable bonds is 5. The van der Waals surface area contributed by atoms with Crippen LogP contribution in [-0.2, 0) is 15.0 Å². The van der Waals surface area contributed by atoms with E-state index in [-0.39, 0.29) is 11.9 Å². The quantitative estimate of drug-likeness (QED) is 0.614. The van der Waals surface area contributed by atoms with E-state index in [4.69, 9.17) is 23.2 Å². The number of carboxylic acid groups (broad SMARTS) is 1. The number of amides is 1. The van der Waals surface area contributed by atoms with Crippen molar-refractivity contribution in [1.82, 2.24) is 5.32 Å². The summed E-state index contributed by atoms with van der Waals surface area (Å²) in [5, 5.41) is 17.4. The molecule has 3 N–H and O–H groups in total. The molecule has 1 fully saturated rings. The minimum Gasteiger partial charge on any atom is -0.480 e. The Morgan fingerprint density at radius 1 is 1.17 bits per heavy atom. The Morgan fingerprint density at radius 3 is 2.57 bits per heavy atom. The first-order valence-corrected chi connectivity index (χ1v) is 10.9. The summed E-state index contributed by atoms with van der Waals surface area (Å²) >= 11 is 12.4. The van der Waals surface area contributed by atoms with Gasteiger partial charge in [-0.2, -0.15) is 0 Å². The summed E-state index contributed by atoms with van der Waals surface area (Å²) in [5.41, 5.74) is 1.09. The van der Waals surface area contributed by atoms with Crippen LogP contribution < -0.4 is 10.6 Å². The minimum absolute atomic E-state index is 0.199. The van der Waals surface area contributed by atoms with E-state index in [1.165, 1.54) is 0 Å². The molecule has 158 valence electrons. The van der Waals surface area contributed by atoms with Gasteiger partial charge in [0.25, 0.3) is 0 Å². The maximum Gasteiger partial charge on any atom is 0.321 e. The first-order valence-electron chi connectivity index (χ1n) is 10.1. The van der Waals surface area contributed by atoms with Crippen molar-refractivity contribution in [2.24, 2.45) is 5.92 Å². The molecule has 2 aliphatic rings. The number of carbonyl (C=O) groups excluding carboxylic acids is 1. The highest BCUT2D eigenvalue weighted by Crippen LogP contribution is 2.56. The Labute approximate surface area is 185 Å². The highest BCUT2D eigenvalue weighted by Gasteiger charge is 2.65. The predicted octanol–water partition coefficient (Wildman–Crippen LogP) is 4.83. The van der Waals surface area contributed by atoms with Crippen molar-refractivity contribution in [3.63, 3.8) is 0 Å². The van der Waals surface area contributed by atoms with Crippen LogP contribution in [0.5, 0.6) is 0 Å². The van der Waals surface area contributed by atoms with E-state index in [0.29, 0.717) is 28.1 Å². The first kappa shape index (κ1) is 21.2. The molecule has 1 spiro atoms. The maximum atomic E-state index is 13.6. The maximum absolute atomic E-state index is 13.6. The van der Waals surface area contributed by atoms with E-state index in [2.05, 4.69) is 24.5 Å². The Morgan fingerprint density at radius 2 is 1.90 bits per heavy atom. The second kappa shape index (κ2) is 7.88. The molecule has 4 rings (SSSR count). The van der Waals surface area contributed by atoms with Crippen molar-refractivity contribution < 1.29 is 14.7 Å². The summed E-state index contributed by atoms with van der Waals surface area (Å²) in [6, 6.07) is 11.2. The molecule has 0 unspecified atom stereocenters. The lowest BCUT2D eigenvalue weighted by Crippen LogP contribution is -2.48. The molecule has 5 nitrogen and oxygen atoms in total. The second-order valence-corrected chi connectivity index (χ2v) is 9.42. The molecule has 0 radical (unpaired) electrons. The summed E-state index contributed by atoms with van der Waals surface area (Å²) in [5.74, 6) is -1.38. The highest BCUT2D eigenvalue weighted by atomic mass is 35.5. The van der Waals surface area contributed by atoms with Gasteiger partial charge >= 0.3 is 5.97 Å². The molecule has 1 saturated heterocycles. The van der Waals surface area contributed by atoms with Crippen LogP contribution in [0.25, 0.3) is 0 Å². The number of fused-ring (bicyclic) bond motifs is 2. The topological polar surface area (TPSA) is 78.4 Å². The van der Waals surface area contributed by atoms with E-state index < -0.39 is 23.3 Å². The fraction of sp³-hybridized carbons (Fsp3) is 0.391. The summed E-state index contributed by atoms with van der Waals surface area (Å²) in [7, 11) is 0. The first-order chi connectivity index (χ1) is 14.2.